The molecule has 0 aromatic carbocycles. The molecule has 1 rings (SSSR count). The SMILES string of the molecule is COCCCCN1CC(C(C)C)NCC1CC(C)C. The zero-order chi connectivity index (χ0) is 14.3. The van der Waals surface area contributed by atoms with Crippen molar-refractivity contribution >= 4 is 0 Å². The third-order valence-corrected chi connectivity index (χ3v) is 4.16. The first kappa shape index (κ1) is 16.9. The molecule has 1 fully saturated rings. The molecule has 0 amide bonds. The summed E-state index contributed by atoms with van der Waals surface area (Å²) in [5.74, 6) is 1.50. The highest BCUT2D eigenvalue weighted by molar-refractivity contribution is 4.87. The maximum Gasteiger partial charge on any atom is 0.0462 e. The fraction of sp³-hybridized carbons (Fsp3) is 1.00. The van der Waals surface area contributed by atoms with Gasteiger partial charge in [-0.25, -0.2) is 0 Å². The van der Waals surface area contributed by atoms with Gasteiger partial charge in [-0.05, 0) is 37.6 Å². The van der Waals surface area contributed by atoms with Gasteiger partial charge in [-0.3, -0.25) is 4.90 Å². The van der Waals surface area contributed by atoms with Gasteiger partial charge in [0.05, 0.1) is 0 Å². The second kappa shape index (κ2) is 8.93. The molecule has 0 aliphatic carbocycles. The van der Waals surface area contributed by atoms with E-state index in [0.717, 1.165) is 31.0 Å². The summed E-state index contributed by atoms with van der Waals surface area (Å²) in [6.45, 7) is 13.8. The Morgan fingerprint density at radius 1 is 1.21 bits per heavy atom. The molecule has 1 aliphatic rings. The fourth-order valence-corrected chi connectivity index (χ4v) is 2.94. The van der Waals surface area contributed by atoms with Crippen molar-refractivity contribution in [2.75, 3.05) is 33.4 Å². The first-order chi connectivity index (χ1) is 9.04. The number of hydrogen-bond acceptors (Lipinski definition) is 3. The summed E-state index contributed by atoms with van der Waals surface area (Å²) in [6, 6.07) is 1.38. The average molecular weight is 270 g/mol. The van der Waals surface area contributed by atoms with E-state index in [2.05, 4.69) is 37.9 Å². The van der Waals surface area contributed by atoms with Crippen LogP contribution in [0.2, 0.25) is 0 Å². The summed E-state index contributed by atoms with van der Waals surface area (Å²) < 4.78 is 5.15. The number of ether oxygens (including phenoxy) is 1. The fourth-order valence-electron chi connectivity index (χ4n) is 2.94. The lowest BCUT2D eigenvalue weighted by atomic mass is 9.95. The molecule has 1 aliphatic heterocycles. The zero-order valence-electron chi connectivity index (χ0n) is 13.6. The van der Waals surface area contributed by atoms with Crippen LogP contribution in [0.3, 0.4) is 0 Å². The van der Waals surface area contributed by atoms with Crippen LogP contribution in [-0.4, -0.2) is 50.3 Å². The molecule has 0 spiro atoms. The number of methoxy groups -OCH3 is 1. The molecule has 1 N–H and O–H groups in total. The average Bonchev–Trinajstić information content (AvgIpc) is 2.35. The summed E-state index contributed by atoms with van der Waals surface area (Å²) in [5, 5.41) is 3.74. The smallest absolute Gasteiger partial charge is 0.0462 e. The molecule has 1 heterocycles. The van der Waals surface area contributed by atoms with Crippen molar-refractivity contribution in [2.24, 2.45) is 11.8 Å². The highest BCUT2D eigenvalue weighted by Crippen LogP contribution is 2.18. The Kier molecular flexibility index (Phi) is 7.96. The van der Waals surface area contributed by atoms with Crippen molar-refractivity contribution in [3.05, 3.63) is 0 Å². The van der Waals surface area contributed by atoms with E-state index in [-0.39, 0.29) is 0 Å². The van der Waals surface area contributed by atoms with Crippen LogP contribution >= 0.6 is 0 Å². The third-order valence-electron chi connectivity index (χ3n) is 4.16. The van der Waals surface area contributed by atoms with Crippen molar-refractivity contribution in [1.82, 2.24) is 10.2 Å². The van der Waals surface area contributed by atoms with Crippen LogP contribution in [0.15, 0.2) is 0 Å². The summed E-state index contributed by atoms with van der Waals surface area (Å²) in [6.07, 6.45) is 3.75. The van der Waals surface area contributed by atoms with Gasteiger partial charge in [0.2, 0.25) is 0 Å². The van der Waals surface area contributed by atoms with E-state index in [9.17, 15) is 0 Å². The van der Waals surface area contributed by atoms with E-state index in [4.69, 9.17) is 4.74 Å². The van der Waals surface area contributed by atoms with Gasteiger partial charge >= 0.3 is 0 Å². The molecule has 3 nitrogen and oxygen atoms in total. The minimum absolute atomic E-state index is 0.658. The first-order valence-electron chi connectivity index (χ1n) is 8.01. The van der Waals surface area contributed by atoms with Crippen LogP contribution in [0.4, 0.5) is 0 Å². The minimum Gasteiger partial charge on any atom is -0.385 e. The van der Waals surface area contributed by atoms with Crippen molar-refractivity contribution in [2.45, 2.75) is 59.0 Å². The number of rotatable bonds is 8. The largest absolute Gasteiger partial charge is 0.385 e. The standard InChI is InChI=1S/C16H34N2O/c1-13(2)10-15-11-17-16(14(3)4)12-18(15)8-6-7-9-19-5/h13-17H,6-12H2,1-5H3. The van der Waals surface area contributed by atoms with Gasteiger partial charge in [0.15, 0.2) is 0 Å². The molecule has 0 radical (unpaired) electrons. The number of nitrogens with zero attached hydrogens (tertiary/aromatic N) is 1. The number of piperazine rings is 1. The third kappa shape index (κ3) is 6.24. The van der Waals surface area contributed by atoms with Crippen LogP contribution in [0, 0.1) is 11.8 Å². The van der Waals surface area contributed by atoms with E-state index >= 15 is 0 Å². The van der Waals surface area contributed by atoms with Gasteiger partial charge in [0.1, 0.15) is 0 Å². The van der Waals surface area contributed by atoms with Crippen LogP contribution in [0.1, 0.15) is 47.0 Å². The van der Waals surface area contributed by atoms with Crippen molar-refractivity contribution in [3.8, 4) is 0 Å². The summed E-state index contributed by atoms with van der Waals surface area (Å²) >= 11 is 0. The zero-order valence-corrected chi connectivity index (χ0v) is 13.6. The summed E-state index contributed by atoms with van der Waals surface area (Å²) in [7, 11) is 1.79. The second-order valence-corrected chi connectivity index (χ2v) is 6.74. The van der Waals surface area contributed by atoms with Crippen LogP contribution in [-0.2, 0) is 4.74 Å². The Morgan fingerprint density at radius 3 is 2.53 bits per heavy atom. The van der Waals surface area contributed by atoms with Crippen molar-refractivity contribution in [1.29, 1.82) is 0 Å². The monoisotopic (exact) mass is 270 g/mol. The molecule has 2 unspecified atom stereocenters. The quantitative estimate of drug-likeness (QED) is 0.686. The molecule has 0 bridgehead atoms. The lowest BCUT2D eigenvalue weighted by molar-refractivity contribution is 0.0938. The van der Waals surface area contributed by atoms with Gasteiger partial charge in [0, 0.05) is 38.9 Å². The highest BCUT2D eigenvalue weighted by Gasteiger charge is 2.29. The molecule has 3 heteroatoms. The van der Waals surface area contributed by atoms with Crippen LogP contribution in [0.25, 0.3) is 0 Å². The molecular formula is C16H34N2O. The van der Waals surface area contributed by atoms with E-state index in [1.807, 2.05) is 0 Å². The predicted octanol–water partition coefficient (Wildman–Crippen LogP) is 2.76. The van der Waals surface area contributed by atoms with E-state index in [1.54, 1.807) is 7.11 Å². The topological polar surface area (TPSA) is 24.5 Å². The molecule has 0 aromatic heterocycles. The first-order valence-corrected chi connectivity index (χ1v) is 8.01. The van der Waals surface area contributed by atoms with E-state index < -0.39 is 0 Å². The minimum atomic E-state index is 0.658. The molecule has 2 atom stereocenters. The molecule has 1 saturated heterocycles. The van der Waals surface area contributed by atoms with Crippen molar-refractivity contribution < 1.29 is 4.74 Å². The predicted molar refractivity (Wildman–Crippen MR) is 82.6 cm³/mol. The maximum atomic E-state index is 5.15. The Bertz CT molecular complexity index is 231. The maximum absolute atomic E-state index is 5.15. The molecule has 19 heavy (non-hydrogen) atoms. The van der Waals surface area contributed by atoms with Crippen LogP contribution in [0.5, 0.6) is 0 Å². The normalized spacial score (nSPS) is 25.4. The highest BCUT2D eigenvalue weighted by atomic mass is 16.5. The van der Waals surface area contributed by atoms with E-state index in [0.29, 0.717) is 6.04 Å². The molecule has 0 saturated carbocycles. The molecular weight excluding hydrogens is 236 g/mol. The van der Waals surface area contributed by atoms with Gasteiger partial charge in [-0.1, -0.05) is 27.7 Å². The number of hydrogen-bond donors (Lipinski definition) is 1. The van der Waals surface area contributed by atoms with Crippen molar-refractivity contribution in [3.63, 3.8) is 0 Å². The van der Waals surface area contributed by atoms with Gasteiger partial charge in [0.25, 0.3) is 0 Å². The second-order valence-electron chi connectivity index (χ2n) is 6.74. The summed E-state index contributed by atoms with van der Waals surface area (Å²) in [5.41, 5.74) is 0. The lowest BCUT2D eigenvalue weighted by Crippen LogP contribution is -2.58. The Hall–Kier alpha value is -0.120. The molecule has 0 aromatic rings. The van der Waals surface area contributed by atoms with Gasteiger partial charge < -0.3 is 10.1 Å². The Labute approximate surface area is 120 Å². The van der Waals surface area contributed by atoms with Crippen LogP contribution < -0.4 is 5.32 Å². The van der Waals surface area contributed by atoms with Gasteiger partial charge in [-0.2, -0.15) is 0 Å². The Morgan fingerprint density at radius 2 is 1.95 bits per heavy atom. The molecule has 114 valence electrons. The summed E-state index contributed by atoms with van der Waals surface area (Å²) in [4.78, 5) is 2.72. The Balaban J connectivity index is 2.45. The van der Waals surface area contributed by atoms with E-state index in [1.165, 1.54) is 32.4 Å². The lowest BCUT2D eigenvalue weighted by Gasteiger charge is -2.42. The number of nitrogens with one attached hydrogen (secondary N) is 1. The van der Waals surface area contributed by atoms with Gasteiger partial charge in [-0.15, -0.1) is 0 Å². The number of unbranched alkanes of at least 4 members (excludes halogenated alkanes) is 1.